The highest BCUT2D eigenvalue weighted by Gasteiger charge is 2.63. The number of hydrogen-bond donors (Lipinski definition) is 6. The summed E-state index contributed by atoms with van der Waals surface area (Å²) in [5, 5.41) is 45.5. The number of aliphatic hydroxyl groups is 3. The summed E-state index contributed by atoms with van der Waals surface area (Å²) < 4.78 is 32.4. The lowest BCUT2D eigenvalue weighted by Gasteiger charge is -2.40. The first-order chi connectivity index (χ1) is 18.7. The summed E-state index contributed by atoms with van der Waals surface area (Å²) in [6.45, 7) is 12.9. The molecule has 0 saturated carbocycles. The average Bonchev–Trinajstić information content (AvgIpc) is 2.87. The van der Waals surface area contributed by atoms with Crippen LogP contribution < -0.4 is 0 Å². The second-order valence-corrected chi connectivity index (χ2v) is 12.4. The lowest BCUT2D eigenvalue weighted by molar-refractivity contribution is -0.156. The largest absolute Gasteiger partial charge is 0.481 e. The molecule has 0 heterocycles. The molecule has 6 N–H and O–H groups in total. The van der Waals surface area contributed by atoms with E-state index < -0.39 is 44.6 Å². The Morgan fingerprint density at radius 1 is 0.725 bits per heavy atom. The summed E-state index contributed by atoms with van der Waals surface area (Å²) in [6, 6.07) is 0. The number of nitrogens with zero attached hydrogens (tertiary/aromatic N) is 1. The fraction of sp³-hybridized carbons (Fsp3) is 0.929. The molecule has 0 spiro atoms. The Morgan fingerprint density at radius 2 is 1.10 bits per heavy atom. The Balaban J connectivity index is 0. The molecule has 0 aromatic heterocycles. The average molecular weight is 600 g/mol. The van der Waals surface area contributed by atoms with Crippen LogP contribution in [0.1, 0.15) is 92.9 Å². The third kappa shape index (κ3) is 12.7. The van der Waals surface area contributed by atoms with Gasteiger partial charge in [-0.3, -0.25) is 19.0 Å². The van der Waals surface area contributed by atoms with Crippen LogP contribution in [-0.2, 0) is 19.7 Å². The zero-order valence-electron chi connectivity index (χ0n) is 25.5. The maximum absolute atomic E-state index is 12.5. The van der Waals surface area contributed by atoms with E-state index in [0.29, 0.717) is 44.8 Å². The molecule has 0 rings (SSSR count). The van der Waals surface area contributed by atoms with Crippen LogP contribution in [0, 0.1) is 29.6 Å². The van der Waals surface area contributed by atoms with Crippen molar-refractivity contribution in [3.8, 4) is 0 Å². The fourth-order valence-corrected chi connectivity index (χ4v) is 7.04. The summed E-state index contributed by atoms with van der Waals surface area (Å²) in [6.07, 6.45) is 5.40. The molecule has 12 heteroatoms. The standard InChI is InChI=1S/C22H42O7S.C6H15NO3/c1-7-17(8-2)13-11-15(5)19(20(23)24)22(21(25)26,30(27,28)29)16(6)12-14-18(9-3)10-4;8-4-1-7(2-5-9)3-6-10/h15-19H,7-14H2,1-6H3,(H,23,24)(H,25,26)(H,27,28,29);8-10H,1-6H2. The maximum Gasteiger partial charge on any atom is 0.328 e. The van der Waals surface area contributed by atoms with Crippen LogP contribution in [-0.4, -0.2) is 99.5 Å². The van der Waals surface area contributed by atoms with E-state index in [0.717, 1.165) is 25.7 Å². The zero-order valence-corrected chi connectivity index (χ0v) is 26.3. The molecule has 0 aromatic carbocycles. The van der Waals surface area contributed by atoms with Gasteiger partial charge >= 0.3 is 11.9 Å². The molecular weight excluding hydrogens is 542 g/mol. The van der Waals surface area contributed by atoms with Crippen molar-refractivity contribution in [2.45, 2.75) is 97.7 Å². The first-order valence-electron chi connectivity index (χ1n) is 14.7. The lowest BCUT2D eigenvalue weighted by Crippen LogP contribution is -2.61. The quantitative estimate of drug-likeness (QED) is 0.0999. The minimum absolute atomic E-state index is 0.0694. The summed E-state index contributed by atoms with van der Waals surface area (Å²) >= 11 is 0. The van der Waals surface area contributed by atoms with E-state index in [4.69, 9.17) is 15.3 Å². The van der Waals surface area contributed by atoms with Gasteiger partial charge in [-0.05, 0) is 36.5 Å². The molecular formula is C28H57NO10S. The van der Waals surface area contributed by atoms with Crippen LogP contribution in [0.15, 0.2) is 0 Å². The molecule has 0 radical (unpaired) electrons. The van der Waals surface area contributed by atoms with Crippen molar-refractivity contribution in [3.63, 3.8) is 0 Å². The van der Waals surface area contributed by atoms with Crippen LogP contribution in [0.2, 0.25) is 0 Å². The molecule has 0 fully saturated rings. The number of aliphatic carboxylic acids is 2. The highest BCUT2D eigenvalue weighted by atomic mass is 32.2. The van der Waals surface area contributed by atoms with Gasteiger partial charge in [0.2, 0.25) is 4.75 Å². The third-order valence-corrected chi connectivity index (χ3v) is 10.1. The molecule has 4 atom stereocenters. The monoisotopic (exact) mass is 599 g/mol. The van der Waals surface area contributed by atoms with Gasteiger partial charge in [-0.1, -0.05) is 80.1 Å². The Morgan fingerprint density at radius 3 is 1.38 bits per heavy atom. The minimum Gasteiger partial charge on any atom is -0.481 e. The Labute approximate surface area is 241 Å². The highest BCUT2D eigenvalue weighted by Crippen LogP contribution is 2.43. The van der Waals surface area contributed by atoms with Gasteiger partial charge in [0.1, 0.15) is 0 Å². The van der Waals surface area contributed by atoms with Crippen molar-refractivity contribution in [3.05, 3.63) is 0 Å². The van der Waals surface area contributed by atoms with Gasteiger partial charge in [0.25, 0.3) is 10.1 Å². The van der Waals surface area contributed by atoms with E-state index in [1.807, 2.05) is 27.7 Å². The zero-order chi connectivity index (χ0) is 31.5. The Kier molecular flexibility index (Phi) is 21.8. The number of aliphatic hydroxyl groups excluding tert-OH is 3. The molecule has 0 aliphatic rings. The first-order valence-corrected chi connectivity index (χ1v) is 16.1. The van der Waals surface area contributed by atoms with Crippen LogP contribution in [0.4, 0.5) is 0 Å². The fourth-order valence-electron chi connectivity index (χ4n) is 5.54. The summed E-state index contributed by atoms with van der Waals surface area (Å²) in [7, 11) is -5.21. The van der Waals surface area contributed by atoms with Gasteiger partial charge < -0.3 is 25.5 Å². The molecule has 240 valence electrons. The molecule has 4 unspecified atom stereocenters. The van der Waals surface area contributed by atoms with E-state index in [1.165, 1.54) is 6.92 Å². The minimum atomic E-state index is -5.21. The molecule has 0 aromatic rings. The van der Waals surface area contributed by atoms with Crippen molar-refractivity contribution >= 4 is 22.1 Å². The normalized spacial score (nSPS) is 15.8. The smallest absolute Gasteiger partial charge is 0.328 e. The van der Waals surface area contributed by atoms with Crippen molar-refractivity contribution in [2.75, 3.05) is 39.5 Å². The maximum atomic E-state index is 12.5. The molecule has 0 saturated heterocycles. The number of carboxylic acid groups (broad SMARTS) is 2. The topological polar surface area (TPSA) is 193 Å². The summed E-state index contributed by atoms with van der Waals surface area (Å²) in [5.41, 5.74) is 0. The SMILES string of the molecule is CCC(CC)CCC(C)C(C(=O)O)C(C(=O)O)(C(C)CCC(CC)CC)S(=O)(=O)O.OCCN(CCO)CCO. The number of carboxylic acids is 2. The van der Waals surface area contributed by atoms with Gasteiger partial charge in [-0.2, -0.15) is 8.42 Å². The Hall–Kier alpha value is -1.31. The van der Waals surface area contributed by atoms with Gasteiger partial charge in [0, 0.05) is 19.6 Å². The van der Waals surface area contributed by atoms with Crippen molar-refractivity contribution in [2.24, 2.45) is 29.6 Å². The van der Waals surface area contributed by atoms with Gasteiger partial charge in [0.05, 0.1) is 25.7 Å². The number of hydrogen-bond acceptors (Lipinski definition) is 8. The highest BCUT2D eigenvalue weighted by molar-refractivity contribution is 7.88. The molecule has 0 aliphatic heterocycles. The summed E-state index contributed by atoms with van der Waals surface area (Å²) in [4.78, 5) is 26.4. The second kappa shape index (κ2) is 21.4. The van der Waals surface area contributed by atoms with Crippen LogP contribution in [0.3, 0.4) is 0 Å². The molecule has 0 aliphatic carbocycles. The predicted molar refractivity (Wildman–Crippen MR) is 156 cm³/mol. The Bertz CT molecular complexity index is 772. The van der Waals surface area contributed by atoms with E-state index >= 15 is 0 Å². The van der Waals surface area contributed by atoms with Crippen molar-refractivity contribution in [1.82, 2.24) is 4.90 Å². The van der Waals surface area contributed by atoms with E-state index in [-0.39, 0.29) is 32.2 Å². The van der Waals surface area contributed by atoms with E-state index in [9.17, 15) is 32.8 Å². The van der Waals surface area contributed by atoms with Gasteiger partial charge in [0.15, 0.2) is 0 Å². The van der Waals surface area contributed by atoms with Crippen LogP contribution >= 0.6 is 0 Å². The molecule has 11 nitrogen and oxygen atoms in total. The second-order valence-electron chi connectivity index (χ2n) is 10.8. The number of rotatable bonds is 22. The molecule has 0 bridgehead atoms. The van der Waals surface area contributed by atoms with Crippen LogP contribution in [0.25, 0.3) is 0 Å². The van der Waals surface area contributed by atoms with E-state index in [2.05, 4.69) is 0 Å². The van der Waals surface area contributed by atoms with Crippen molar-refractivity contribution in [1.29, 1.82) is 0 Å². The number of carbonyl (C=O) groups is 2. The predicted octanol–water partition coefficient (Wildman–Crippen LogP) is 3.37. The molecule has 40 heavy (non-hydrogen) atoms. The molecule has 0 amide bonds. The van der Waals surface area contributed by atoms with Crippen molar-refractivity contribution < 1.29 is 48.1 Å². The van der Waals surface area contributed by atoms with Gasteiger partial charge in [-0.15, -0.1) is 0 Å². The van der Waals surface area contributed by atoms with Crippen LogP contribution in [0.5, 0.6) is 0 Å². The first kappa shape index (κ1) is 40.8. The van der Waals surface area contributed by atoms with E-state index in [1.54, 1.807) is 11.8 Å². The summed E-state index contributed by atoms with van der Waals surface area (Å²) in [5.74, 6) is -6.16. The van der Waals surface area contributed by atoms with Gasteiger partial charge in [-0.25, -0.2) is 0 Å². The lowest BCUT2D eigenvalue weighted by atomic mass is 9.71. The third-order valence-electron chi connectivity index (χ3n) is 8.39.